The molecule has 0 aliphatic heterocycles. The van der Waals surface area contributed by atoms with Crippen molar-refractivity contribution in [3.63, 3.8) is 0 Å². The smallest absolute Gasteiger partial charge is 0.177 e. The van der Waals surface area contributed by atoms with Crippen molar-refractivity contribution in [1.82, 2.24) is 0 Å². The fourth-order valence-electron chi connectivity index (χ4n) is 2.05. The van der Waals surface area contributed by atoms with Gasteiger partial charge in [-0.1, -0.05) is 36.4 Å². The van der Waals surface area contributed by atoms with Crippen LogP contribution in [0.3, 0.4) is 0 Å². The van der Waals surface area contributed by atoms with Gasteiger partial charge in [0.2, 0.25) is 0 Å². The maximum Gasteiger partial charge on any atom is 0.177 e. The van der Waals surface area contributed by atoms with Gasteiger partial charge in [0.15, 0.2) is 5.78 Å². The van der Waals surface area contributed by atoms with E-state index in [1.807, 2.05) is 6.07 Å². The molecule has 2 aromatic rings. The Morgan fingerprint density at radius 3 is 2.20 bits per heavy atom. The molecule has 0 heterocycles. The molecule has 2 rings (SSSR count). The number of carbonyl (C=O) groups excluding carboxylic acids is 1. The van der Waals surface area contributed by atoms with E-state index in [1.165, 1.54) is 6.07 Å². The van der Waals surface area contributed by atoms with Crippen LogP contribution in [0.5, 0.6) is 0 Å². The summed E-state index contributed by atoms with van der Waals surface area (Å²) in [6, 6.07) is 13.7. The Balaban J connectivity index is 2.46. The predicted octanol–water partition coefficient (Wildman–Crippen LogP) is 3.84. The van der Waals surface area contributed by atoms with Crippen molar-refractivity contribution < 1.29 is 13.6 Å². The molecular weight excluding hydrogens is 260 g/mol. The maximum atomic E-state index is 13.7. The van der Waals surface area contributed by atoms with Crippen LogP contribution in [0, 0.1) is 23.0 Å². The number of hydrogen-bond acceptors (Lipinski definition) is 2. The van der Waals surface area contributed by atoms with Crippen LogP contribution < -0.4 is 0 Å². The molecule has 4 heteroatoms. The number of ketones is 1. The first-order valence-electron chi connectivity index (χ1n) is 6.05. The van der Waals surface area contributed by atoms with Crippen LogP contribution in [0.15, 0.2) is 48.5 Å². The quantitative estimate of drug-likeness (QED) is 0.792. The van der Waals surface area contributed by atoms with Gasteiger partial charge >= 0.3 is 0 Å². The molecule has 2 aromatic carbocycles. The van der Waals surface area contributed by atoms with Crippen molar-refractivity contribution in [2.75, 3.05) is 0 Å². The SMILES string of the molecule is N#CCC(C(=O)c1c(F)cccc1F)c1ccccc1. The Bertz CT molecular complexity index is 642. The number of carbonyl (C=O) groups is 1. The molecule has 20 heavy (non-hydrogen) atoms. The molecule has 0 radical (unpaired) electrons. The monoisotopic (exact) mass is 271 g/mol. The molecule has 100 valence electrons. The first-order valence-corrected chi connectivity index (χ1v) is 6.05. The van der Waals surface area contributed by atoms with Crippen LogP contribution in [0.2, 0.25) is 0 Å². The largest absolute Gasteiger partial charge is 0.293 e. The lowest BCUT2D eigenvalue weighted by atomic mass is 9.88. The van der Waals surface area contributed by atoms with E-state index in [4.69, 9.17) is 5.26 Å². The van der Waals surface area contributed by atoms with Gasteiger partial charge in [-0.05, 0) is 17.7 Å². The lowest BCUT2D eigenvalue weighted by Gasteiger charge is -2.14. The van der Waals surface area contributed by atoms with Gasteiger partial charge in [-0.15, -0.1) is 0 Å². The summed E-state index contributed by atoms with van der Waals surface area (Å²) in [5.41, 5.74) is -0.0155. The highest BCUT2D eigenvalue weighted by molar-refractivity contribution is 6.01. The summed E-state index contributed by atoms with van der Waals surface area (Å²) in [5.74, 6) is -3.40. The van der Waals surface area contributed by atoms with Crippen molar-refractivity contribution in [2.24, 2.45) is 0 Å². The molecule has 0 aliphatic rings. The summed E-state index contributed by atoms with van der Waals surface area (Å²) in [5, 5.41) is 8.84. The summed E-state index contributed by atoms with van der Waals surface area (Å²) in [6.45, 7) is 0. The third-order valence-electron chi connectivity index (χ3n) is 3.02. The number of benzene rings is 2. The summed E-state index contributed by atoms with van der Waals surface area (Å²) in [6.07, 6.45) is -0.128. The fraction of sp³-hybridized carbons (Fsp3) is 0.125. The van der Waals surface area contributed by atoms with E-state index in [-0.39, 0.29) is 6.42 Å². The van der Waals surface area contributed by atoms with Crippen LogP contribution >= 0.6 is 0 Å². The van der Waals surface area contributed by atoms with Crippen LogP contribution in [-0.2, 0) is 0 Å². The number of Topliss-reactive ketones (excluding diaryl/α,β-unsaturated/α-hetero) is 1. The number of nitriles is 1. The first kappa shape index (κ1) is 13.9. The lowest BCUT2D eigenvalue weighted by molar-refractivity contribution is 0.0952. The van der Waals surface area contributed by atoms with Crippen LogP contribution in [-0.4, -0.2) is 5.78 Å². The third kappa shape index (κ3) is 2.72. The molecule has 0 bridgehead atoms. The molecule has 1 unspecified atom stereocenters. The molecule has 1 atom stereocenters. The highest BCUT2D eigenvalue weighted by Gasteiger charge is 2.26. The van der Waals surface area contributed by atoms with Gasteiger partial charge in [0, 0.05) is 6.42 Å². The van der Waals surface area contributed by atoms with E-state index in [9.17, 15) is 13.6 Å². The number of nitrogens with zero attached hydrogens (tertiary/aromatic N) is 1. The maximum absolute atomic E-state index is 13.7. The standard InChI is InChI=1S/C16H11F2NO/c17-13-7-4-8-14(18)15(13)16(20)12(9-10-19)11-5-2-1-3-6-11/h1-8,12H,9H2. The second kappa shape index (κ2) is 6.07. The van der Waals surface area contributed by atoms with Crippen LogP contribution in [0.4, 0.5) is 8.78 Å². The average Bonchev–Trinajstić information content (AvgIpc) is 2.45. The van der Waals surface area contributed by atoms with Gasteiger partial charge in [-0.2, -0.15) is 5.26 Å². The minimum atomic E-state index is -0.908. The molecule has 0 aromatic heterocycles. The van der Waals surface area contributed by atoms with E-state index >= 15 is 0 Å². The highest BCUT2D eigenvalue weighted by atomic mass is 19.1. The van der Waals surface area contributed by atoms with E-state index < -0.39 is 28.9 Å². The molecule has 0 aliphatic carbocycles. The van der Waals surface area contributed by atoms with Gasteiger partial charge in [0.05, 0.1) is 17.6 Å². The summed E-state index contributed by atoms with van der Waals surface area (Å²) >= 11 is 0. The molecule has 0 saturated heterocycles. The third-order valence-corrected chi connectivity index (χ3v) is 3.02. The van der Waals surface area contributed by atoms with Crippen LogP contribution in [0.1, 0.15) is 28.3 Å². The second-order valence-corrected chi connectivity index (χ2v) is 4.29. The molecule has 2 nitrogen and oxygen atoms in total. The zero-order chi connectivity index (χ0) is 14.5. The Morgan fingerprint density at radius 1 is 1.05 bits per heavy atom. The number of halogens is 2. The summed E-state index contributed by atoms with van der Waals surface area (Å²) < 4.78 is 27.3. The fourth-order valence-corrected chi connectivity index (χ4v) is 2.05. The Hall–Kier alpha value is -2.54. The second-order valence-electron chi connectivity index (χ2n) is 4.29. The van der Waals surface area contributed by atoms with Crippen LogP contribution in [0.25, 0.3) is 0 Å². The Kier molecular flexibility index (Phi) is 4.21. The Morgan fingerprint density at radius 2 is 1.65 bits per heavy atom. The van der Waals surface area contributed by atoms with Gasteiger partial charge in [-0.25, -0.2) is 8.78 Å². The van der Waals surface area contributed by atoms with Crippen molar-refractivity contribution in [3.8, 4) is 6.07 Å². The van der Waals surface area contributed by atoms with E-state index in [2.05, 4.69) is 0 Å². The molecule has 0 fully saturated rings. The van der Waals surface area contributed by atoms with Crippen molar-refractivity contribution in [3.05, 3.63) is 71.3 Å². The molecule has 0 spiro atoms. The van der Waals surface area contributed by atoms with Gasteiger partial charge in [0.1, 0.15) is 11.6 Å². The van der Waals surface area contributed by atoms with Crippen molar-refractivity contribution in [1.29, 1.82) is 5.26 Å². The molecule has 0 amide bonds. The van der Waals surface area contributed by atoms with Gasteiger partial charge in [0.25, 0.3) is 0 Å². The Labute approximate surface area is 115 Å². The summed E-state index contributed by atoms with van der Waals surface area (Å²) in [7, 11) is 0. The van der Waals surface area contributed by atoms with E-state index in [0.717, 1.165) is 12.1 Å². The average molecular weight is 271 g/mol. The molecule has 0 saturated carbocycles. The van der Waals surface area contributed by atoms with E-state index in [1.54, 1.807) is 30.3 Å². The molecule has 0 N–H and O–H groups in total. The zero-order valence-electron chi connectivity index (χ0n) is 10.5. The lowest BCUT2D eigenvalue weighted by Crippen LogP contribution is -2.16. The topological polar surface area (TPSA) is 40.9 Å². The minimum absolute atomic E-state index is 0.128. The summed E-state index contributed by atoms with van der Waals surface area (Å²) in [4.78, 5) is 12.3. The minimum Gasteiger partial charge on any atom is -0.293 e. The highest BCUT2D eigenvalue weighted by Crippen LogP contribution is 2.26. The first-order chi connectivity index (χ1) is 9.65. The normalized spacial score (nSPS) is 11.7. The zero-order valence-corrected chi connectivity index (χ0v) is 10.5. The van der Waals surface area contributed by atoms with Gasteiger partial charge in [-0.3, -0.25) is 4.79 Å². The molecular formula is C16H11F2NO. The number of hydrogen-bond donors (Lipinski definition) is 0. The van der Waals surface area contributed by atoms with Gasteiger partial charge < -0.3 is 0 Å². The van der Waals surface area contributed by atoms with Crippen molar-refractivity contribution in [2.45, 2.75) is 12.3 Å². The van der Waals surface area contributed by atoms with Crippen molar-refractivity contribution >= 4 is 5.78 Å². The van der Waals surface area contributed by atoms with E-state index in [0.29, 0.717) is 5.56 Å². The predicted molar refractivity (Wildman–Crippen MR) is 70.1 cm³/mol. The number of rotatable bonds is 4.